The zero-order valence-corrected chi connectivity index (χ0v) is 17.5. The fraction of sp³-hybridized carbons (Fsp3) is 0.579. The van der Waals surface area contributed by atoms with E-state index in [4.69, 9.17) is 4.74 Å². The summed E-state index contributed by atoms with van der Waals surface area (Å²) in [6.07, 6.45) is 0.973. The summed E-state index contributed by atoms with van der Waals surface area (Å²) in [4.78, 5) is 28.1. The second-order valence-corrected chi connectivity index (χ2v) is 8.53. The van der Waals surface area contributed by atoms with Gasteiger partial charge in [-0.2, -0.15) is 0 Å². The lowest BCUT2D eigenvalue weighted by molar-refractivity contribution is 0.0156. The highest BCUT2D eigenvalue weighted by atomic mass is 79.9. The maximum absolute atomic E-state index is 13.9. The molecule has 1 saturated heterocycles. The van der Waals surface area contributed by atoms with Gasteiger partial charge in [0.25, 0.3) is 5.91 Å². The third kappa shape index (κ3) is 4.96. The first-order valence-corrected chi connectivity index (χ1v) is 9.49. The fourth-order valence-corrected chi connectivity index (χ4v) is 3.33. The Hall–Kier alpha value is -1.63. The minimum atomic E-state index is -0.537. The topological polar surface area (TPSA) is 49.9 Å². The van der Waals surface area contributed by atoms with Crippen LogP contribution in [0.5, 0.6) is 0 Å². The molecule has 0 aliphatic carbocycles. The molecule has 0 aromatic heterocycles. The number of nitrogens with zero attached hydrogens (tertiary/aromatic N) is 2. The van der Waals surface area contributed by atoms with Crippen molar-refractivity contribution in [1.82, 2.24) is 9.80 Å². The molecule has 1 aliphatic rings. The van der Waals surface area contributed by atoms with Gasteiger partial charge >= 0.3 is 6.09 Å². The molecular formula is C19H26BrFN2O3. The summed E-state index contributed by atoms with van der Waals surface area (Å²) in [5.74, 6) is -0.592. The largest absolute Gasteiger partial charge is 0.444 e. The molecule has 1 aliphatic heterocycles. The molecule has 5 nitrogen and oxygen atoms in total. The lowest BCUT2D eigenvalue weighted by Gasteiger charge is -2.37. The number of hydrogen-bond donors (Lipinski definition) is 0. The van der Waals surface area contributed by atoms with Gasteiger partial charge < -0.3 is 14.5 Å². The van der Waals surface area contributed by atoms with Crippen molar-refractivity contribution < 1.29 is 18.7 Å². The molecule has 26 heavy (non-hydrogen) atoms. The van der Waals surface area contributed by atoms with Crippen LogP contribution in [0, 0.1) is 12.7 Å². The van der Waals surface area contributed by atoms with E-state index < -0.39 is 11.4 Å². The first kappa shape index (κ1) is 20.7. The van der Waals surface area contributed by atoms with Crippen LogP contribution in [0.25, 0.3) is 0 Å². The molecular weight excluding hydrogens is 403 g/mol. The minimum Gasteiger partial charge on any atom is -0.444 e. The second kappa shape index (κ2) is 7.94. The number of piperidine rings is 1. The molecule has 0 spiro atoms. The average Bonchev–Trinajstić information content (AvgIpc) is 2.56. The van der Waals surface area contributed by atoms with E-state index in [-0.39, 0.29) is 18.0 Å². The SMILES string of the molecule is Cc1c(F)cc(C(=O)N2CCC(N(C)C(=O)OC(C)(C)C)CC2)cc1Br. The summed E-state index contributed by atoms with van der Waals surface area (Å²) in [6, 6.07) is 2.96. The minimum absolute atomic E-state index is 0.0235. The molecule has 144 valence electrons. The molecule has 1 fully saturated rings. The van der Waals surface area contributed by atoms with Gasteiger partial charge in [-0.3, -0.25) is 4.79 Å². The highest BCUT2D eigenvalue weighted by molar-refractivity contribution is 9.10. The van der Waals surface area contributed by atoms with Crippen molar-refractivity contribution in [1.29, 1.82) is 0 Å². The summed E-state index contributed by atoms with van der Waals surface area (Å²) in [6.45, 7) is 8.19. The standard InChI is InChI=1S/C19H26BrFN2O3/c1-12-15(20)10-13(11-16(12)21)17(24)23-8-6-14(7-9-23)22(5)18(25)26-19(2,3)4/h10-11,14H,6-9H2,1-5H3. The predicted octanol–water partition coefficient (Wildman–Crippen LogP) is 4.37. The third-order valence-electron chi connectivity index (χ3n) is 4.51. The lowest BCUT2D eigenvalue weighted by Crippen LogP contribution is -2.48. The Labute approximate surface area is 162 Å². The smallest absolute Gasteiger partial charge is 0.410 e. The van der Waals surface area contributed by atoms with Crippen molar-refractivity contribution in [3.8, 4) is 0 Å². The molecule has 0 saturated carbocycles. The molecule has 0 bridgehead atoms. The van der Waals surface area contributed by atoms with E-state index in [1.165, 1.54) is 6.07 Å². The van der Waals surface area contributed by atoms with E-state index in [0.29, 0.717) is 41.5 Å². The van der Waals surface area contributed by atoms with Crippen molar-refractivity contribution in [2.24, 2.45) is 0 Å². The number of carbonyl (C=O) groups excluding carboxylic acids is 2. The van der Waals surface area contributed by atoms with Crippen LogP contribution < -0.4 is 0 Å². The summed E-state index contributed by atoms with van der Waals surface area (Å²) in [7, 11) is 1.72. The molecule has 0 radical (unpaired) electrons. The van der Waals surface area contributed by atoms with Crippen molar-refractivity contribution in [2.45, 2.75) is 52.2 Å². The maximum atomic E-state index is 13.9. The highest BCUT2D eigenvalue weighted by Crippen LogP contribution is 2.24. The van der Waals surface area contributed by atoms with Gasteiger partial charge in [-0.25, -0.2) is 9.18 Å². The number of rotatable bonds is 2. The van der Waals surface area contributed by atoms with Crippen LogP contribution in [-0.4, -0.2) is 53.6 Å². The highest BCUT2D eigenvalue weighted by Gasteiger charge is 2.30. The van der Waals surface area contributed by atoms with Gasteiger partial charge in [0.2, 0.25) is 0 Å². The third-order valence-corrected chi connectivity index (χ3v) is 5.33. The van der Waals surface area contributed by atoms with Gasteiger partial charge in [0.1, 0.15) is 11.4 Å². The Morgan fingerprint density at radius 2 is 1.85 bits per heavy atom. The molecule has 2 rings (SSSR count). The van der Waals surface area contributed by atoms with Crippen molar-refractivity contribution in [3.05, 3.63) is 33.5 Å². The Morgan fingerprint density at radius 3 is 2.35 bits per heavy atom. The molecule has 0 unspecified atom stereocenters. The van der Waals surface area contributed by atoms with Crippen LogP contribution >= 0.6 is 15.9 Å². The van der Waals surface area contributed by atoms with E-state index in [2.05, 4.69) is 15.9 Å². The van der Waals surface area contributed by atoms with E-state index >= 15 is 0 Å². The monoisotopic (exact) mass is 428 g/mol. The molecule has 0 atom stereocenters. The van der Waals surface area contributed by atoms with E-state index in [1.807, 2.05) is 20.8 Å². The van der Waals surface area contributed by atoms with E-state index in [0.717, 1.165) is 0 Å². The van der Waals surface area contributed by atoms with Crippen molar-refractivity contribution in [2.75, 3.05) is 20.1 Å². The molecule has 0 N–H and O–H groups in total. The van der Waals surface area contributed by atoms with Gasteiger partial charge in [-0.15, -0.1) is 0 Å². The lowest BCUT2D eigenvalue weighted by atomic mass is 10.0. The van der Waals surface area contributed by atoms with Crippen LogP contribution in [0.4, 0.5) is 9.18 Å². The summed E-state index contributed by atoms with van der Waals surface area (Å²) in [5, 5.41) is 0. The molecule has 1 aromatic rings. The number of benzene rings is 1. The van der Waals surface area contributed by atoms with Gasteiger partial charge in [-0.1, -0.05) is 15.9 Å². The molecule has 1 heterocycles. The summed E-state index contributed by atoms with van der Waals surface area (Å²) in [5.41, 5.74) is 0.281. The average molecular weight is 429 g/mol. The summed E-state index contributed by atoms with van der Waals surface area (Å²) >= 11 is 3.29. The van der Waals surface area contributed by atoms with Crippen LogP contribution in [0.2, 0.25) is 0 Å². The van der Waals surface area contributed by atoms with Crippen LogP contribution in [0.15, 0.2) is 16.6 Å². The maximum Gasteiger partial charge on any atom is 0.410 e. The number of likely N-dealkylation sites (tertiary alicyclic amines) is 1. The zero-order chi connectivity index (χ0) is 19.6. The number of carbonyl (C=O) groups is 2. The predicted molar refractivity (Wildman–Crippen MR) is 102 cm³/mol. The Morgan fingerprint density at radius 1 is 1.27 bits per heavy atom. The Kier molecular flexibility index (Phi) is 6.32. The number of halogens is 2. The van der Waals surface area contributed by atoms with Gasteiger partial charge in [0.05, 0.1) is 0 Å². The van der Waals surface area contributed by atoms with Gasteiger partial charge in [0.15, 0.2) is 0 Å². The quantitative estimate of drug-likeness (QED) is 0.702. The normalized spacial score (nSPS) is 15.7. The second-order valence-electron chi connectivity index (χ2n) is 7.68. The number of ether oxygens (including phenoxy) is 1. The van der Waals surface area contributed by atoms with Gasteiger partial charge in [-0.05, 0) is 58.2 Å². The van der Waals surface area contributed by atoms with Crippen LogP contribution in [0.1, 0.15) is 49.5 Å². The van der Waals surface area contributed by atoms with Gasteiger partial charge in [0, 0.05) is 36.2 Å². The molecule has 1 aromatic carbocycles. The molecule has 7 heteroatoms. The van der Waals surface area contributed by atoms with Crippen LogP contribution in [0.3, 0.4) is 0 Å². The Bertz CT molecular complexity index is 672. The molecule has 2 amide bonds. The van der Waals surface area contributed by atoms with Crippen molar-refractivity contribution >= 4 is 27.9 Å². The van der Waals surface area contributed by atoms with E-state index in [1.54, 1.807) is 29.8 Å². The Balaban J connectivity index is 1.97. The van der Waals surface area contributed by atoms with Crippen LogP contribution in [-0.2, 0) is 4.74 Å². The number of hydrogen-bond acceptors (Lipinski definition) is 3. The van der Waals surface area contributed by atoms with Crippen molar-refractivity contribution in [3.63, 3.8) is 0 Å². The fourth-order valence-electron chi connectivity index (χ4n) is 2.89. The number of amides is 2. The first-order chi connectivity index (χ1) is 12.0. The summed E-state index contributed by atoms with van der Waals surface area (Å²) < 4.78 is 19.9. The zero-order valence-electron chi connectivity index (χ0n) is 15.9. The van der Waals surface area contributed by atoms with E-state index in [9.17, 15) is 14.0 Å². The first-order valence-electron chi connectivity index (χ1n) is 8.70.